The van der Waals surface area contributed by atoms with E-state index in [1.165, 1.54) is 0 Å². The van der Waals surface area contributed by atoms with E-state index in [0.29, 0.717) is 16.3 Å². The Hall–Kier alpha value is -1.06. The molecule has 1 aromatic heterocycles. The minimum atomic E-state index is 0.422. The second-order valence-corrected chi connectivity index (χ2v) is 4.21. The highest BCUT2D eigenvalue weighted by Crippen LogP contribution is 2.31. The summed E-state index contributed by atoms with van der Waals surface area (Å²) < 4.78 is 6.14. The first-order valence-corrected chi connectivity index (χ1v) is 5.37. The third kappa shape index (κ3) is 1.98. The van der Waals surface area contributed by atoms with Crippen LogP contribution in [0.4, 0.5) is 0 Å². The SMILES string of the molecule is O=Cc1ccc(-c2occc2Br)cc1Cl. The summed E-state index contributed by atoms with van der Waals surface area (Å²) in [4.78, 5) is 10.6. The van der Waals surface area contributed by atoms with Crippen LogP contribution in [-0.2, 0) is 0 Å². The largest absolute Gasteiger partial charge is 0.463 e. The van der Waals surface area contributed by atoms with Crippen molar-refractivity contribution in [3.8, 4) is 11.3 Å². The van der Waals surface area contributed by atoms with E-state index in [1.54, 1.807) is 30.5 Å². The molecule has 0 atom stereocenters. The Morgan fingerprint density at radius 2 is 2.13 bits per heavy atom. The zero-order valence-electron chi connectivity index (χ0n) is 7.54. The van der Waals surface area contributed by atoms with E-state index in [0.717, 1.165) is 16.3 Å². The lowest BCUT2D eigenvalue weighted by Crippen LogP contribution is -1.83. The Morgan fingerprint density at radius 3 is 2.67 bits per heavy atom. The van der Waals surface area contributed by atoms with E-state index in [1.807, 2.05) is 0 Å². The lowest BCUT2D eigenvalue weighted by molar-refractivity contribution is 0.112. The van der Waals surface area contributed by atoms with E-state index in [2.05, 4.69) is 15.9 Å². The van der Waals surface area contributed by atoms with Gasteiger partial charge >= 0.3 is 0 Å². The molecule has 0 unspecified atom stereocenters. The first kappa shape index (κ1) is 10.5. The van der Waals surface area contributed by atoms with E-state index < -0.39 is 0 Å². The van der Waals surface area contributed by atoms with Crippen LogP contribution in [0, 0.1) is 0 Å². The molecule has 2 rings (SSSR count). The average Bonchev–Trinajstić information content (AvgIpc) is 2.64. The molecule has 1 aromatic carbocycles. The first-order valence-electron chi connectivity index (χ1n) is 4.20. The summed E-state index contributed by atoms with van der Waals surface area (Å²) in [7, 11) is 0. The summed E-state index contributed by atoms with van der Waals surface area (Å²) in [5.74, 6) is 0.703. The molecule has 15 heavy (non-hydrogen) atoms. The van der Waals surface area contributed by atoms with Gasteiger partial charge in [-0.2, -0.15) is 0 Å². The number of carbonyl (C=O) groups excluding carboxylic acids is 1. The Morgan fingerprint density at radius 1 is 1.33 bits per heavy atom. The van der Waals surface area contributed by atoms with Crippen LogP contribution in [0.3, 0.4) is 0 Å². The van der Waals surface area contributed by atoms with Crippen LogP contribution in [0.25, 0.3) is 11.3 Å². The Bertz CT molecular complexity index is 505. The third-order valence-corrected chi connectivity index (χ3v) is 2.96. The van der Waals surface area contributed by atoms with Crippen molar-refractivity contribution in [3.05, 3.63) is 45.6 Å². The van der Waals surface area contributed by atoms with Crippen LogP contribution >= 0.6 is 27.5 Å². The molecule has 0 aliphatic heterocycles. The van der Waals surface area contributed by atoms with Crippen molar-refractivity contribution >= 4 is 33.8 Å². The molecular formula is C11H6BrClO2. The highest BCUT2D eigenvalue weighted by atomic mass is 79.9. The van der Waals surface area contributed by atoms with Gasteiger partial charge in [-0.15, -0.1) is 0 Å². The number of halogens is 2. The molecule has 0 bridgehead atoms. The van der Waals surface area contributed by atoms with E-state index in [4.69, 9.17) is 16.0 Å². The molecule has 2 nitrogen and oxygen atoms in total. The van der Waals surface area contributed by atoms with Crippen molar-refractivity contribution in [2.45, 2.75) is 0 Å². The lowest BCUT2D eigenvalue weighted by atomic mass is 10.1. The maximum absolute atomic E-state index is 10.6. The molecule has 0 amide bonds. The van der Waals surface area contributed by atoms with Gasteiger partial charge in [-0.25, -0.2) is 0 Å². The Balaban J connectivity index is 2.52. The fourth-order valence-electron chi connectivity index (χ4n) is 1.26. The second kappa shape index (κ2) is 4.21. The number of aldehydes is 1. The predicted octanol–water partition coefficient (Wildman–Crippen LogP) is 4.18. The van der Waals surface area contributed by atoms with E-state index in [9.17, 15) is 4.79 Å². The van der Waals surface area contributed by atoms with Gasteiger partial charge in [0.15, 0.2) is 6.29 Å². The maximum Gasteiger partial charge on any atom is 0.151 e. The molecule has 0 radical (unpaired) electrons. The molecule has 0 spiro atoms. The number of benzene rings is 1. The molecule has 0 aliphatic rings. The van der Waals surface area contributed by atoms with Crippen LogP contribution in [0.15, 0.2) is 39.4 Å². The van der Waals surface area contributed by atoms with E-state index >= 15 is 0 Å². The molecule has 1 heterocycles. The lowest BCUT2D eigenvalue weighted by Gasteiger charge is -2.00. The number of hydrogen-bond acceptors (Lipinski definition) is 2. The molecule has 0 N–H and O–H groups in total. The summed E-state index contributed by atoms with van der Waals surface area (Å²) in [6.45, 7) is 0. The third-order valence-electron chi connectivity index (χ3n) is 2.01. The van der Waals surface area contributed by atoms with Gasteiger partial charge in [0.05, 0.1) is 15.8 Å². The quantitative estimate of drug-likeness (QED) is 0.775. The van der Waals surface area contributed by atoms with Crippen molar-refractivity contribution in [1.82, 2.24) is 0 Å². The predicted molar refractivity (Wildman–Crippen MR) is 62.2 cm³/mol. The van der Waals surface area contributed by atoms with Gasteiger partial charge < -0.3 is 4.42 Å². The number of furan rings is 1. The summed E-state index contributed by atoms with van der Waals surface area (Å²) in [6.07, 6.45) is 2.31. The summed E-state index contributed by atoms with van der Waals surface area (Å²) in [6, 6.07) is 6.96. The molecular weight excluding hydrogens is 279 g/mol. The minimum Gasteiger partial charge on any atom is -0.463 e. The molecule has 2 aromatic rings. The van der Waals surface area contributed by atoms with Crippen LogP contribution in [0.5, 0.6) is 0 Å². The van der Waals surface area contributed by atoms with Gasteiger partial charge in [0.1, 0.15) is 5.76 Å². The molecule has 0 aliphatic carbocycles. The van der Waals surface area contributed by atoms with Crippen molar-refractivity contribution in [2.24, 2.45) is 0 Å². The van der Waals surface area contributed by atoms with Crippen molar-refractivity contribution in [3.63, 3.8) is 0 Å². The molecule has 0 saturated carbocycles. The number of carbonyl (C=O) groups is 1. The summed E-state index contributed by atoms with van der Waals surface area (Å²) in [5.41, 5.74) is 1.31. The van der Waals surface area contributed by atoms with Crippen molar-refractivity contribution in [1.29, 1.82) is 0 Å². The first-order chi connectivity index (χ1) is 7.22. The monoisotopic (exact) mass is 284 g/mol. The van der Waals surface area contributed by atoms with Gasteiger partial charge in [-0.1, -0.05) is 17.7 Å². The Labute approximate surface area is 100.0 Å². The highest BCUT2D eigenvalue weighted by molar-refractivity contribution is 9.10. The van der Waals surface area contributed by atoms with Gasteiger partial charge in [0.25, 0.3) is 0 Å². The molecule has 0 fully saturated rings. The second-order valence-electron chi connectivity index (χ2n) is 2.95. The molecule has 4 heteroatoms. The van der Waals surface area contributed by atoms with Crippen LogP contribution in [-0.4, -0.2) is 6.29 Å². The number of rotatable bonds is 2. The highest BCUT2D eigenvalue weighted by Gasteiger charge is 2.08. The molecule has 0 saturated heterocycles. The standard InChI is InChI=1S/C11H6BrClO2/c12-9-3-4-15-11(9)7-1-2-8(6-14)10(13)5-7/h1-6H. The van der Waals surface area contributed by atoms with Crippen molar-refractivity contribution in [2.75, 3.05) is 0 Å². The molecule has 76 valence electrons. The average molecular weight is 286 g/mol. The van der Waals surface area contributed by atoms with Gasteiger partial charge in [0.2, 0.25) is 0 Å². The van der Waals surface area contributed by atoms with E-state index in [-0.39, 0.29) is 0 Å². The van der Waals surface area contributed by atoms with Gasteiger partial charge in [-0.05, 0) is 34.1 Å². The Kier molecular flexibility index (Phi) is 2.93. The fraction of sp³-hybridized carbons (Fsp3) is 0. The van der Waals surface area contributed by atoms with Gasteiger partial charge in [0, 0.05) is 11.1 Å². The minimum absolute atomic E-state index is 0.422. The maximum atomic E-state index is 10.6. The fourth-order valence-corrected chi connectivity index (χ4v) is 1.92. The van der Waals surface area contributed by atoms with Crippen LogP contribution in [0.2, 0.25) is 5.02 Å². The van der Waals surface area contributed by atoms with Crippen LogP contribution in [0.1, 0.15) is 10.4 Å². The van der Waals surface area contributed by atoms with Crippen molar-refractivity contribution < 1.29 is 9.21 Å². The zero-order chi connectivity index (χ0) is 10.8. The normalized spacial score (nSPS) is 10.3. The topological polar surface area (TPSA) is 30.2 Å². The summed E-state index contributed by atoms with van der Waals surface area (Å²) >= 11 is 9.27. The number of hydrogen-bond donors (Lipinski definition) is 0. The van der Waals surface area contributed by atoms with Crippen LogP contribution < -0.4 is 0 Å². The zero-order valence-corrected chi connectivity index (χ0v) is 9.88. The smallest absolute Gasteiger partial charge is 0.151 e. The summed E-state index contributed by atoms with van der Waals surface area (Å²) in [5, 5.41) is 0.422. The van der Waals surface area contributed by atoms with Gasteiger partial charge in [-0.3, -0.25) is 4.79 Å².